The molecule has 1 unspecified atom stereocenters. The first-order valence-electron chi connectivity index (χ1n) is 5.03. The van der Waals surface area contributed by atoms with Crippen LogP contribution in [0.5, 0.6) is 0 Å². The molecule has 5 nitrogen and oxygen atoms in total. The second kappa shape index (κ2) is 5.29. The Labute approximate surface area is 100 Å². The fourth-order valence-electron chi connectivity index (χ4n) is 1.50. The molecule has 0 aliphatic heterocycles. The molecule has 0 radical (unpaired) electrons. The smallest absolute Gasteiger partial charge is 0.312 e. The van der Waals surface area contributed by atoms with Gasteiger partial charge in [-0.05, 0) is 24.7 Å². The van der Waals surface area contributed by atoms with Gasteiger partial charge in [-0.2, -0.15) is 0 Å². The van der Waals surface area contributed by atoms with Crippen LogP contribution in [0.15, 0.2) is 29.2 Å². The van der Waals surface area contributed by atoms with Gasteiger partial charge < -0.3 is 10.4 Å². The van der Waals surface area contributed by atoms with E-state index < -0.39 is 21.7 Å². The number of hydrogen-bond donors (Lipinski definition) is 2. The summed E-state index contributed by atoms with van der Waals surface area (Å²) in [7, 11) is -1.57. The van der Waals surface area contributed by atoms with Crippen LogP contribution in [0.1, 0.15) is 11.5 Å². The lowest BCUT2D eigenvalue weighted by Crippen LogP contribution is -2.24. The van der Waals surface area contributed by atoms with Gasteiger partial charge in [-0.3, -0.25) is 4.79 Å². The molecule has 0 fully saturated rings. The lowest BCUT2D eigenvalue weighted by atomic mass is 9.99. The van der Waals surface area contributed by atoms with E-state index in [9.17, 15) is 13.2 Å². The lowest BCUT2D eigenvalue weighted by molar-refractivity contribution is -0.138. The molecule has 0 aliphatic carbocycles. The Morgan fingerprint density at radius 3 is 2.24 bits per heavy atom. The van der Waals surface area contributed by atoms with Crippen LogP contribution in [-0.4, -0.2) is 39.3 Å². The minimum absolute atomic E-state index is 0.190. The van der Waals surface area contributed by atoms with Crippen LogP contribution in [0.2, 0.25) is 0 Å². The predicted octanol–water partition coefficient (Wildman–Crippen LogP) is 0.478. The van der Waals surface area contributed by atoms with E-state index in [1.54, 1.807) is 7.05 Å². The standard InChI is InChI=1S/C11H15NO4S/c1-12-7-10(11(13)14)8-3-5-9(6-4-8)17(2,15)16/h3-6,10,12H,7H2,1-2H3,(H,13,14). The summed E-state index contributed by atoms with van der Waals surface area (Å²) < 4.78 is 22.5. The molecular formula is C11H15NO4S. The van der Waals surface area contributed by atoms with E-state index in [0.717, 1.165) is 6.26 Å². The van der Waals surface area contributed by atoms with Crippen molar-refractivity contribution in [1.82, 2.24) is 5.32 Å². The largest absolute Gasteiger partial charge is 0.481 e. The molecule has 17 heavy (non-hydrogen) atoms. The van der Waals surface area contributed by atoms with Gasteiger partial charge in [0.1, 0.15) is 0 Å². The van der Waals surface area contributed by atoms with Crippen LogP contribution in [0.25, 0.3) is 0 Å². The van der Waals surface area contributed by atoms with Gasteiger partial charge in [0.2, 0.25) is 0 Å². The van der Waals surface area contributed by atoms with Crippen molar-refractivity contribution in [2.75, 3.05) is 19.8 Å². The monoisotopic (exact) mass is 257 g/mol. The summed E-state index contributed by atoms with van der Waals surface area (Å²) >= 11 is 0. The third kappa shape index (κ3) is 3.54. The molecule has 6 heteroatoms. The first-order valence-corrected chi connectivity index (χ1v) is 6.93. The fourth-order valence-corrected chi connectivity index (χ4v) is 2.13. The highest BCUT2D eigenvalue weighted by Crippen LogP contribution is 2.18. The van der Waals surface area contributed by atoms with Crippen LogP contribution in [0, 0.1) is 0 Å². The first kappa shape index (κ1) is 13.7. The third-order valence-corrected chi connectivity index (χ3v) is 3.55. The summed E-state index contributed by atoms with van der Waals surface area (Å²) in [5.41, 5.74) is 0.583. The van der Waals surface area contributed by atoms with Crippen molar-refractivity contribution >= 4 is 15.8 Å². The summed E-state index contributed by atoms with van der Waals surface area (Å²) in [5, 5.41) is 11.8. The average molecular weight is 257 g/mol. The molecular weight excluding hydrogens is 242 g/mol. The molecule has 1 aromatic rings. The van der Waals surface area contributed by atoms with E-state index in [-0.39, 0.29) is 4.90 Å². The zero-order chi connectivity index (χ0) is 13.1. The van der Waals surface area contributed by atoms with Crippen LogP contribution in [0.4, 0.5) is 0 Å². The van der Waals surface area contributed by atoms with E-state index in [2.05, 4.69) is 5.32 Å². The minimum atomic E-state index is -3.24. The molecule has 1 aromatic carbocycles. The molecule has 1 atom stereocenters. The number of carbonyl (C=O) groups is 1. The van der Waals surface area contributed by atoms with Crippen molar-refractivity contribution in [2.24, 2.45) is 0 Å². The van der Waals surface area contributed by atoms with E-state index in [4.69, 9.17) is 5.11 Å². The number of benzene rings is 1. The molecule has 0 aromatic heterocycles. The molecule has 0 heterocycles. The van der Waals surface area contributed by atoms with Gasteiger partial charge in [0.05, 0.1) is 10.8 Å². The van der Waals surface area contributed by atoms with Crippen molar-refractivity contribution in [1.29, 1.82) is 0 Å². The van der Waals surface area contributed by atoms with Gasteiger partial charge in [0, 0.05) is 12.8 Å². The van der Waals surface area contributed by atoms with Crippen molar-refractivity contribution < 1.29 is 18.3 Å². The minimum Gasteiger partial charge on any atom is -0.481 e. The first-order chi connectivity index (χ1) is 7.86. The van der Waals surface area contributed by atoms with E-state index in [1.165, 1.54) is 24.3 Å². The topological polar surface area (TPSA) is 83.5 Å². The summed E-state index contributed by atoms with van der Waals surface area (Å²) in [6.07, 6.45) is 1.12. The Morgan fingerprint density at radius 1 is 1.35 bits per heavy atom. The molecule has 0 saturated heterocycles. The van der Waals surface area contributed by atoms with E-state index >= 15 is 0 Å². The number of hydrogen-bond acceptors (Lipinski definition) is 4. The number of likely N-dealkylation sites (N-methyl/N-ethyl adjacent to an activating group) is 1. The number of sulfone groups is 1. The molecule has 0 bridgehead atoms. The maximum atomic E-state index is 11.2. The number of carboxylic acids is 1. The van der Waals surface area contributed by atoms with Crippen molar-refractivity contribution in [3.63, 3.8) is 0 Å². The van der Waals surface area contributed by atoms with E-state index in [1.807, 2.05) is 0 Å². The molecule has 94 valence electrons. The highest BCUT2D eigenvalue weighted by molar-refractivity contribution is 7.90. The highest BCUT2D eigenvalue weighted by Gasteiger charge is 2.19. The van der Waals surface area contributed by atoms with Crippen LogP contribution in [0.3, 0.4) is 0 Å². The van der Waals surface area contributed by atoms with Gasteiger partial charge in [0.25, 0.3) is 0 Å². The van der Waals surface area contributed by atoms with Crippen LogP contribution in [-0.2, 0) is 14.6 Å². The molecule has 0 saturated carbocycles. The highest BCUT2D eigenvalue weighted by atomic mass is 32.2. The van der Waals surface area contributed by atoms with Crippen molar-refractivity contribution in [3.8, 4) is 0 Å². The van der Waals surface area contributed by atoms with Gasteiger partial charge in [-0.15, -0.1) is 0 Å². The van der Waals surface area contributed by atoms with Crippen LogP contribution >= 0.6 is 0 Å². The summed E-state index contributed by atoms with van der Waals surface area (Å²) in [6, 6.07) is 5.92. The predicted molar refractivity (Wildman–Crippen MR) is 63.9 cm³/mol. The van der Waals surface area contributed by atoms with Crippen molar-refractivity contribution in [2.45, 2.75) is 10.8 Å². The number of rotatable bonds is 5. The lowest BCUT2D eigenvalue weighted by Gasteiger charge is -2.12. The number of nitrogens with one attached hydrogen (secondary N) is 1. The van der Waals surface area contributed by atoms with Gasteiger partial charge in [-0.1, -0.05) is 12.1 Å². The Balaban J connectivity index is 3.04. The molecule has 0 spiro atoms. The number of aliphatic carboxylic acids is 1. The Bertz CT molecular complexity index is 493. The molecule has 0 amide bonds. The molecule has 0 aliphatic rings. The second-order valence-corrected chi connectivity index (χ2v) is 5.81. The summed E-state index contributed by atoms with van der Waals surface area (Å²) in [6.45, 7) is 0.299. The normalized spacial score (nSPS) is 13.3. The maximum absolute atomic E-state index is 11.2. The SMILES string of the molecule is CNCC(C(=O)O)c1ccc(S(C)(=O)=O)cc1. The molecule has 2 N–H and O–H groups in total. The average Bonchev–Trinajstić information content (AvgIpc) is 2.24. The maximum Gasteiger partial charge on any atom is 0.312 e. The third-order valence-electron chi connectivity index (χ3n) is 2.42. The molecule has 1 rings (SSSR count). The Kier molecular flexibility index (Phi) is 4.25. The fraction of sp³-hybridized carbons (Fsp3) is 0.364. The zero-order valence-corrected chi connectivity index (χ0v) is 10.5. The summed E-state index contributed by atoms with van der Waals surface area (Å²) in [5.74, 6) is -1.61. The Morgan fingerprint density at radius 2 is 1.88 bits per heavy atom. The second-order valence-electron chi connectivity index (χ2n) is 3.79. The van der Waals surface area contributed by atoms with Crippen LogP contribution < -0.4 is 5.32 Å². The van der Waals surface area contributed by atoms with Gasteiger partial charge >= 0.3 is 5.97 Å². The van der Waals surface area contributed by atoms with Crippen molar-refractivity contribution in [3.05, 3.63) is 29.8 Å². The summed E-state index contributed by atoms with van der Waals surface area (Å²) in [4.78, 5) is 11.2. The zero-order valence-electron chi connectivity index (χ0n) is 9.67. The van der Waals surface area contributed by atoms with Gasteiger partial charge in [-0.25, -0.2) is 8.42 Å². The number of carboxylic acid groups (broad SMARTS) is 1. The van der Waals surface area contributed by atoms with E-state index in [0.29, 0.717) is 12.1 Å². The quantitative estimate of drug-likeness (QED) is 0.801. The van der Waals surface area contributed by atoms with Gasteiger partial charge in [0.15, 0.2) is 9.84 Å². The Hall–Kier alpha value is -1.40.